The molecular formula is C16H16F2N3O3+. The summed E-state index contributed by atoms with van der Waals surface area (Å²) in [6.07, 6.45) is 0. The Morgan fingerprint density at radius 1 is 1.29 bits per heavy atom. The molecule has 0 aliphatic heterocycles. The first-order valence-corrected chi connectivity index (χ1v) is 7.19. The van der Waals surface area contributed by atoms with Crippen LogP contribution < -0.4 is 10.6 Å². The second-order valence-corrected chi connectivity index (χ2v) is 5.25. The smallest absolute Gasteiger partial charge is 0.279 e. The number of nitrogens with two attached hydrogens (primary N) is 1. The molecule has 0 heterocycles. The molecule has 2 aromatic rings. The SMILES string of the molecule is C[C@@H]([NH2+]CC(=O)Nc1cccc([N+](=O)[O-])c1)c1ccc(F)cc1F. The molecule has 0 saturated heterocycles. The fraction of sp³-hybridized carbons (Fsp3) is 0.188. The molecule has 0 aliphatic rings. The van der Waals surface area contributed by atoms with E-state index in [2.05, 4.69) is 5.32 Å². The molecule has 0 bridgehead atoms. The zero-order chi connectivity index (χ0) is 17.7. The monoisotopic (exact) mass is 336 g/mol. The number of rotatable bonds is 6. The number of hydrogen-bond acceptors (Lipinski definition) is 3. The predicted molar refractivity (Wildman–Crippen MR) is 83.3 cm³/mol. The number of halogens is 2. The minimum Gasteiger partial charge on any atom is -0.332 e. The van der Waals surface area contributed by atoms with Gasteiger partial charge in [0.25, 0.3) is 11.6 Å². The van der Waals surface area contributed by atoms with Gasteiger partial charge in [-0.15, -0.1) is 0 Å². The van der Waals surface area contributed by atoms with Crippen LogP contribution in [0.5, 0.6) is 0 Å². The lowest BCUT2D eigenvalue weighted by atomic mass is 10.1. The maximum absolute atomic E-state index is 13.7. The molecule has 8 heteroatoms. The van der Waals surface area contributed by atoms with Crippen molar-refractivity contribution < 1.29 is 23.8 Å². The van der Waals surface area contributed by atoms with Crippen LogP contribution in [0.3, 0.4) is 0 Å². The number of nitro groups is 1. The van der Waals surface area contributed by atoms with Crippen LogP contribution in [0.1, 0.15) is 18.5 Å². The summed E-state index contributed by atoms with van der Waals surface area (Å²) < 4.78 is 26.6. The van der Waals surface area contributed by atoms with Crippen LogP contribution in [-0.4, -0.2) is 17.4 Å². The number of nitrogens with zero attached hydrogens (tertiary/aromatic N) is 1. The van der Waals surface area contributed by atoms with E-state index in [4.69, 9.17) is 0 Å². The highest BCUT2D eigenvalue weighted by Crippen LogP contribution is 2.17. The zero-order valence-electron chi connectivity index (χ0n) is 12.8. The third-order valence-corrected chi connectivity index (χ3v) is 3.45. The van der Waals surface area contributed by atoms with Gasteiger partial charge in [0.2, 0.25) is 0 Å². The second-order valence-electron chi connectivity index (χ2n) is 5.25. The summed E-state index contributed by atoms with van der Waals surface area (Å²) in [6.45, 7) is 1.68. The molecule has 126 valence electrons. The highest BCUT2D eigenvalue weighted by Gasteiger charge is 2.16. The molecule has 0 aromatic heterocycles. The molecule has 3 N–H and O–H groups in total. The Labute approximate surface area is 136 Å². The van der Waals surface area contributed by atoms with E-state index >= 15 is 0 Å². The lowest BCUT2D eigenvalue weighted by molar-refractivity contribution is -0.682. The maximum atomic E-state index is 13.7. The van der Waals surface area contributed by atoms with Crippen LogP contribution >= 0.6 is 0 Å². The van der Waals surface area contributed by atoms with Gasteiger partial charge in [-0.2, -0.15) is 0 Å². The molecule has 1 atom stereocenters. The van der Waals surface area contributed by atoms with E-state index in [-0.39, 0.29) is 24.2 Å². The van der Waals surface area contributed by atoms with Crippen molar-refractivity contribution in [3.05, 3.63) is 69.8 Å². The third kappa shape index (κ3) is 4.56. The Hall–Kier alpha value is -2.87. The molecule has 2 rings (SSSR count). The highest BCUT2D eigenvalue weighted by molar-refractivity contribution is 5.91. The van der Waals surface area contributed by atoms with Crippen LogP contribution in [0.15, 0.2) is 42.5 Å². The summed E-state index contributed by atoms with van der Waals surface area (Å²) in [5.41, 5.74) is 0.473. The molecule has 1 amide bonds. The average Bonchev–Trinajstić information content (AvgIpc) is 2.53. The van der Waals surface area contributed by atoms with Crippen molar-refractivity contribution in [2.45, 2.75) is 13.0 Å². The summed E-state index contributed by atoms with van der Waals surface area (Å²) in [5.74, 6) is -1.71. The lowest BCUT2D eigenvalue weighted by Gasteiger charge is -2.12. The van der Waals surface area contributed by atoms with E-state index < -0.39 is 16.6 Å². The number of carbonyl (C=O) groups excluding carboxylic acids is 1. The molecule has 0 aliphatic carbocycles. The fourth-order valence-electron chi connectivity index (χ4n) is 2.19. The van der Waals surface area contributed by atoms with Gasteiger partial charge in [-0.05, 0) is 25.1 Å². The van der Waals surface area contributed by atoms with Crippen molar-refractivity contribution in [2.75, 3.05) is 11.9 Å². The van der Waals surface area contributed by atoms with Crippen LogP contribution in [0.25, 0.3) is 0 Å². The standard InChI is InChI=1S/C16H15F2N3O3/c1-10(14-6-5-11(17)7-15(14)18)19-9-16(22)20-12-3-2-4-13(8-12)21(23)24/h2-8,10,19H,9H2,1H3,(H,20,22)/p+1/t10-/m1/s1. The molecule has 2 aromatic carbocycles. The van der Waals surface area contributed by atoms with Gasteiger partial charge < -0.3 is 10.6 Å². The number of benzene rings is 2. The normalized spacial score (nSPS) is 11.8. The van der Waals surface area contributed by atoms with Gasteiger partial charge in [0.1, 0.15) is 17.7 Å². The zero-order valence-corrected chi connectivity index (χ0v) is 12.8. The van der Waals surface area contributed by atoms with Crippen molar-refractivity contribution in [2.24, 2.45) is 0 Å². The number of carbonyl (C=O) groups is 1. The molecule has 24 heavy (non-hydrogen) atoms. The van der Waals surface area contributed by atoms with Crippen molar-refractivity contribution in [3.8, 4) is 0 Å². The van der Waals surface area contributed by atoms with Gasteiger partial charge >= 0.3 is 0 Å². The molecule has 6 nitrogen and oxygen atoms in total. The first kappa shape index (κ1) is 17.5. The summed E-state index contributed by atoms with van der Waals surface area (Å²) in [6, 6.07) is 8.48. The summed E-state index contributed by atoms with van der Waals surface area (Å²) in [7, 11) is 0. The van der Waals surface area contributed by atoms with E-state index in [1.54, 1.807) is 12.2 Å². The Bertz CT molecular complexity index is 768. The van der Waals surface area contributed by atoms with Crippen molar-refractivity contribution >= 4 is 17.3 Å². The van der Waals surface area contributed by atoms with Crippen LogP contribution in [0.4, 0.5) is 20.2 Å². The van der Waals surface area contributed by atoms with E-state index in [9.17, 15) is 23.7 Å². The topological polar surface area (TPSA) is 88.8 Å². The number of non-ortho nitro benzene ring substituents is 1. The summed E-state index contributed by atoms with van der Waals surface area (Å²) in [5, 5.41) is 14.8. The first-order valence-electron chi connectivity index (χ1n) is 7.19. The van der Waals surface area contributed by atoms with Gasteiger partial charge in [0.15, 0.2) is 6.54 Å². The number of hydrogen-bond donors (Lipinski definition) is 2. The van der Waals surface area contributed by atoms with Crippen molar-refractivity contribution in [3.63, 3.8) is 0 Å². The Balaban J connectivity index is 1.93. The Morgan fingerprint density at radius 2 is 2.04 bits per heavy atom. The van der Waals surface area contributed by atoms with Crippen molar-refractivity contribution in [1.82, 2.24) is 0 Å². The molecular weight excluding hydrogens is 320 g/mol. The maximum Gasteiger partial charge on any atom is 0.279 e. The molecule has 0 unspecified atom stereocenters. The van der Waals surface area contributed by atoms with Gasteiger partial charge in [-0.25, -0.2) is 8.78 Å². The lowest BCUT2D eigenvalue weighted by Crippen LogP contribution is -2.86. The van der Waals surface area contributed by atoms with Gasteiger partial charge in [-0.1, -0.05) is 6.07 Å². The Morgan fingerprint density at radius 3 is 2.71 bits per heavy atom. The second kappa shape index (κ2) is 7.60. The number of quaternary nitrogens is 1. The van der Waals surface area contributed by atoms with E-state index in [1.165, 1.54) is 30.3 Å². The van der Waals surface area contributed by atoms with Gasteiger partial charge in [-0.3, -0.25) is 14.9 Å². The molecule has 0 saturated carbocycles. The van der Waals surface area contributed by atoms with Crippen molar-refractivity contribution in [1.29, 1.82) is 0 Å². The minimum absolute atomic E-state index is 0.0132. The van der Waals surface area contributed by atoms with E-state index in [0.717, 1.165) is 12.1 Å². The Kier molecular flexibility index (Phi) is 5.54. The predicted octanol–water partition coefficient (Wildman–Crippen LogP) is 2.14. The minimum atomic E-state index is -0.669. The number of amides is 1. The van der Waals surface area contributed by atoms with E-state index in [1.807, 2.05) is 0 Å². The highest BCUT2D eigenvalue weighted by atomic mass is 19.1. The molecule has 0 fully saturated rings. The first-order chi connectivity index (χ1) is 11.4. The number of nitrogens with one attached hydrogen (secondary N) is 1. The quantitative estimate of drug-likeness (QED) is 0.626. The third-order valence-electron chi connectivity index (χ3n) is 3.45. The van der Waals surface area contributed by atoms with Crippen LogP contribution in [0.2, 0.25) is 0 Å². The largest absolute Gasteiger partial charge is 0.332 e. The van der Waals surface area contributed by atoms with Gasteiger partial charge in [0.05, 0.1) is 4.92 Å². The number of anilines is 1. The van der Waals surface area contributed by atoms with Crippen LogP contribution in [-0.2, 0) is 4.79 Å². The van der Waals surface area contributed by atoms with Crippen LogP contribution in [0, 0.1) is 21.7 Å². The number of nitro benzene ring substituents is 1. The molecule has 0 radical (unpaired) electrons. The van der Waals surface area contributed by atoms with E-state index in [0.29, 0.717) is 11.3 Å². The average molecular weight is 336 g/mol. The summed E-state index contributed by atoms with van der Waals surface area (Å²) in [4.78, 5) is 22.0. The fourth-order valence-corrected chi connectivity index (χ4v) is 2.19. The van der Waals surface area contributed by atoms with Gasteiger partial charge in [0, 0.05) is 29.4 Å². The summed E-state index contributed by atoms with van der Waals surface area (Å²) >= 11 is 0. The molecule has 0 spiro atoms.